The van der Waals surface area contributed by atoms with Crippen molar-refractivity contribution in [3.05, 3.63) is 33.0 Å². The first kappa shape index (κ1) is 10.9. The molecule has 0 fully saturated rings. The van der Waals surface area contributed by atoms with E-state index in [0.717, 1.165) is 21.2 Å². The molecule has 0 bridgehead atoms. The number of aromatic nitrogens is 2. The van der Waals surface area contributed by atoms with E-state index in [2.05, 4.69) is 32.6 Å². The maximum Gasteiger partial charge on any atom is 0.164 e. The molecule has 2 aromatic rings. The standard InChI is InChI=1S/C10H8ClIN2O/c1-2-7-8(12)9(11)14-10(13-7)6-3-4-15-5-6/h3-5H,2H2,1H3. The Balaban J connectivity index is 2.55. The molecule has 0 amide bonds. The molecule has 15 heavy (non-hydrogen) atoms. The molecule has 0 saturated heterocycles. The van der Waals surface area contributed by atoms with Crippen LogP contribution in [0.3, 0.4) is 0 Å². The first-order chi connectivity index (χ1) is 7.22. The molecule has 0 aliphatic heterocycles. The third-order valence-corrected chi connectivity index (χ3v) is 3.72. The van der Waals surface area contributed by atoms with Gasteiger partial charge in [0.1, 0.15) is 11.4 Å². The lowest BCUT2D eigenvalue weighted by molar-refractivity contribution is 0.568. The van der Waals surface area contributed by atoms with E-state index < -0.39 is 0 Å². The zero-order chi connectivity index (χ0) is 10.8. The van der Waals surface area contributed by atoms with E-state index in [1.165, 1.54) is 0 Å². The molecule has 0 aliphatic carbocycles. The van der Waals surface area contributed by atoms with Gasteiger partial charge in [0.2, 0.25) is 0 Å². The monoisotopic (exact) mass is 334 g/mol. The number of hydrogen-bond donors (Lipinski definition) is 0. The van der Waals surface area contributed by atoms with Crippen molar-refractivity contribution in [3.8, 4) is 11.4 Å². The van der Waals surface area contributed by atoms with Crippen LogP contribution < -0.4 is 0 Å². The average molecular weight is 335 g/mol. The Hall–Kier alpha value is -0.620. The molecule has 0 atom stereocenters. The van der Waals surface area contributed by atoms with Crippen LogP contribution in [0.5, 0.6) is 0 Å². The maximum absolute atomic E-state index is 6.03. The number of hydrogen-bond acceptors (Lipinski definition) is 3. The molecule has 0 unspecified atom stereocenters. The van der Waals surface area contributed by atoms with Crippen molar-refractivity contribution in [2.75, 3.05) is 0 Å². The highest BCUT2D eigenvalue weighted by molar-refractivity contribution is 14.1. The number of halogens is 2. The van der Waals surface area contributed by atoms with Crippen LogP contribution in [0.2, 0.25) is 5.15 Å². The van der Waals surface area contributed by atoms with Crippen LogP contribution in [0.1, 0.15) is 12.6 Å². The predicted octanol–water partition coefficient (Wildman–Crippen LogP) is 3.56. The maximum atomic E-state index is 6.03. The smallest absolute Gasteiger partial charge is 0.164 e. The molecule has 3 nitrogen and oxygen atoms in total. The third kappa shape index (κ3) is 2.15. The summed E-state index contributed by atoms with van der Waals surface area (Å²) in [5.74, 6) is 0.617. The summed E-state index contributed by atoms with van der Waals surface area (Å²) in [6.07, 6.45) is 4.04. The van der Waals surface area contributed by atoms with Crippen molar-refractivity contribution in [1.29, 1.82) is 0 Å². The topological polar surface area (TPSA) is 38.9 Å². The second kappa shape index (κ2) is 4.49. The molecule has 0 spiro atoms. The number of aryl methyl sites for hydroxylation is 1. The minimum absolute atomic E-state index is 0.499. The summed E-state index contributed by atoms with van der Waals surface area (Å²) in [4.78, 5) is 8.64. The molecule has 0 N–H and O–H groups in total. The van der Waals surface area contributed by atoms with Crippen LogP contribution in [0.15, 0.2) is 23.0 Å². The van der Waals surface area contributed by atoms with Gasteiger partial charge in [0.05, 0.1) is 21.1 Å². The van der Waals surface area contributed by atoms with Gasteiger partial charge in [-0.05, 0) is 35.1 Å². The van der Waals surface area contributed by atoms with Crippen LogP contribution in [0.4, 0.5) is 0 Å². The lowest BCUT2D eigenvalue weighted by Gasteiger charge is -2.04. The first-order valence-electron chi connectivity index (χ1n) is 4.47. The van der Waals surface area contributed by atoms with E-state index in [0.29, 0.717) is 11.0 Å². The minimum atomic E-state index is 0.499. The highest BCUT2D eigenvalue weighted by Crippen LogP contribution is 2.24. The average Bonchev–Trinajstić information content (AvgIpc) is 2.75. The lowest BCUT2D eigenvalue weighted by Crippen LogP contribution is -1.98. The molecule has 0 aromatic carbocycles. The van der Waals surface area contributed by atoms with Crippen LogP contribution in [-0.4, -0.2) is 9.97 Å². The largest absolute Gasteiger partial charge is 0.472 e. The van der Waals surface area contributed by atoms with Gasteiger partial charge in [0.25, 0.3) is 0 Å². The van der Waals surface area contributed by atoms with Gasteiger partial charge in [-0.15, -0.1) is 0 Å². The minimum Gasteiger partial charge on any atom is -0.472 e. The van der Waals surface area contributed by atoms with Crippen molar-refractivity contribution in [3.63, 3.8) is 0 Å². The summed E-state index contributed by atoms with van der Waals surface area (Å²) < 4.78 is 5.91. The van der Waals surface area contributed by atoms with Crippen molar-refractivity contribution >= 4 is 34.2 Å². The van der Waals surface area contributed by atoms with Gasteiger partial charge in [-0.1, -0.05) is 18.5 Å². The van der Waals surface area contributed by atoms with E-state index in [1.54, 1.807) is 12.5 Å². The summed E-state index contributed by atoms with van der Waals surface area (Å²) in [5.41, 5.74) is 1.81. The third-order valence-electron chi connectivity index (χ3n) is 1.99. The van der Waals surface area contributed by atoms with Crippen molar-refractivity contribution in [2.24, 2.45) is 0 Å². The van der Waals surface area contributed by atoms with Gasteiger partial charge < -0.3 is 4.42 Å². The number of furan rings is 1. The van der Waals surface area contributed by atoms with Gasteiger partial charge in [-0.2, -0.15) is 0 Å². The van der Waals surface area contributed by atoms with Crippen LogP contribution >= 0.6 is 34.2 Å². The molecule has 5 heteroatoms. The highest BCUT2D eigenvalue weighted by atomic mass is 127. The Morgan fingerprint density at radius 3 is 2.87 bits per heavy atom. The fraction of sp³-hybridized carbons (Fsp3) is 0.200. The van der Waals surface area contributed by atoms with Gasteiger partial charge in [0.15, 0.2) is 5.82 Å². The Kier molecular flexibility index (Phi) is 3.25. The molecule has 78 valence electrons. The zero-order valence-corrected chi connectivity index (χ0v) is 10.9. The Labute approximate surface area is 106 Å². The lowest BCUT2D eigenvalue weighted by atomic mass is 10.3. The summed E-state index contributed by atoms with van der Waals surface area (Å²) >= 11 is 8.18. The zero-order valence-electron chi connectivity index (χ0n) is 8.00. The Morgan fingerprint density at radius 1 is 1.47 bits per heavy atom. The summed E-state index contributed by atoms with van der Waals surface area (Å²) in [5, 5.41) is 0.499. The second-order valence-electron chi connectivity index (χ2n) is 2.96. The van der Waals surface area contributed by atoms with Crippen molar-refractivity contribution in [2.45, 2.75) is 13.3 Å². The van der Waals surface area contributed by atoms with Crippen LogP contribution in [-0.2, 0) is 6.42 Å². The van der Waals surface area contributed by atoms with Crippen LogP contribution in [0, 0.1) is 3.57 Å². The molecular weight excluding hydrogens is 326 g/mol. The van der Waals surface area contributed by atoms with Gasteiger partial charge in [0, 0.05) is 0 Å². The molecule has 0 aliphatic rings. The van der Waals surface area contributed by atoms with E-state index in [-0.39, 0.29) is 0 Å². The van der Waals surface area contributed by atoms with E-state index in [1.807, 2.05) is 13.0 Å². The number of nitrogens with zero attached hydrogens (tertiary/aromatic N) is 2. The summed E-state index contributed by atoms with van der Waals surface area (Å²) in [7, 11) is 0. The Morgan fingerprint density at radius 2 is 2.27 bits per heavy atom. The Bertz CT molecular complexity index is 471. The fourth-order valence-electron chi connectivity index (χ4n) is 1.22. The molecule has 0 radical (unpaired) electrons. The predicted molar refractivity (Wildman–Crippen MR) is 66.8 cm³/mol. The number of rotatable bonds is 2. The van der Waals surface area contributed by atoms with Gasteiger partial charge in [-0.3, -0.25) is 0 Å². The SMILES string of the molecule is CCc1nc(-c2ccoc2)nc(Cl)c1I. The van der Waals surface area contributed by atoms with E-state index in [9.17, 15) is 0 Å². The van der Waals surface area contributed by atoms with Gasteiger partial charge >= 0.3 is 0 Å². The van der Waals surface area contributed by atoms with E-state index in [4.69, 9.17) is 16.0 Å². The van der Waals surface area contributed by atoms with Crippen molar-refractivity contribution in [1.82, 2.24) is 9.97 Å². The summed E-state index contributed by atoms with van der Waals surface area (Å²) in [6.45, 7) is 2.04. The normalized spacial score (nSPS) is 10.6. The van der Waals surface area contributed by atoms with E-state index >= 15 is 0 Å². The molecule has 2 aromatic heterocycles. The quantitative estimate of drug-likeness (QED) is 0.623. The molecule has 2 rings (SSSR count). The first-order valence-corrected chi connectivity index (χ1v) is 5.92. The molecule has 2 heterocycles. The van der Waals surface area contributed by atoms with Gasteiger partial charge in [-0.25, -0.2) is 9.97 Å². The highest BCUT2D eigenvalue weighted by Gasteiger charge is 2.11. The second-order valence-corrected chi connectivity index (χ2v) is 4.40. The molecule has 0 saturated carbocycles. The fourth-order valence-corrected chi connectivity index (χ4v) is 2.03. The van der Waals surface area contributed by atoms with Crippen molar-refractivity contribution < 1.29 is 4.42 Å². The summed E-state index contributed by atoms with van der Waals surface area (Å²) in [6, 6.07) is 1.82. The van der Waals surface area contributed by atoms with Crippen LogP contribution in [0.25, 0.3) is 11.4 Å². The molecular formula is C10H8ClIN2O.